The zero-order valence-electron chi connectivity index (χ0n) is 19.6. The molecule has 4 aliphatic carbocycles. The quantitative estimate of drug-likeness (QED) is 0.626. The molecule has 3 saturated carbocycles. The Kier molecular flexibility index (Phi) is 5.18. The third kappa shape index (κ3) is 2.97. The lowest BCUT2D eigenvalue weighted by atomic mass is 9.47. The van der Waals surface area contributed by atoms with Gasteiger partial charge in [0.25, 0.3) is 0 Å². The molecule has 9 atom stereocenters. The molecule has 33 heavy (non-hydrogen) atoms. The number of aliphatic carboxylic acids is 1. The lowest BCUT2D eigenvalue weighted by Crippen LogP contribution is -2.61. The van der Waals surface area contributed by atoms with Crippen molar-refractivity contribution >= 4 is 17.7 Å². The zero-order chi connectivity index (χ0) is 23.8. The number of aliphatic hydroxyl groups excluding tert-OH is 1. The van der Waals surface area contributed by atoms with Crippen molar-refractivity contribution in [2.45, 2.75) is 77.1 Å². The molecule has 5 aliphatic rings. The van der Waals surface area contributed by atoms with Crippen molar-refractivity contribution in [3.05, 3.63) is 23.8 Å². The Balaban J connectivity index is 1.49. The number of allylic oxidation sites excluding steroid dienone is 4. The van der Waals surface area contributed by atoms with Crippen molar-refractivity contribution in [2.24, 2.45) is 34.5 Å². The fourth-order valence-corrected chi connectivity index (χ4v) is 8.26. The molecule has 0 aromatic heterocycles. The molecular weight excluding hydrogens is 424 g/mol. The van der Waals surface area contributed by atoms with E-state index in [2.05, 4.69) is 13.0 Å². The van der Waals surface area contributed by atoms with E-state index in [0.29, 0.717) is 31.1 Å². The lowest BCUT2D eigenvalue weighted by molar-refractivity contribution is -0.214. The van der Waals surface area contributed by atoms with Gasteiger partial charge in [0.2, 0.25) is 5.60 Å². The summed E-state index contributed by atoms with van der Waals surface area (Å²) in [6, 6.07) is 0. The van der Waals surface area contributed by atoms with Crippen molar-refractivity contribution in [3.8, 4) is 0 Å². The van der Waals surface area contributed by atoms with Crippen LogP contribution in [0, 0.1) is 34.5 Å². The summed E-state index contributed by atoms with van der Waals surface area (Å²) < 4.78 is 11.3. The van der Waals surface area contributed by atoms with Gasteiger partial charge in [-0.3, -0.25) is 4.79 Å². The van der Waals surface area contributed by atoms with E-state index in [-0.39, 0.29) is 29.6 Å². The maximum atomic E-state index is 13.0. The highest BCUT2D eigenvalue weighted by Crippen LogP contribution is 2.69. The van der Waals surface area contributed by atoms with Crippen LogP contribution in [0.25, 0.3) is 0 Å². The number of ether oxygens (including phenoxy) is 2. The van der Waals surface area contributed by atoms with Crippen molar-refractivity contribution < 1.29 is 34.1 Å². The van der Waals surface area contributed by atoms with E-state index in [9.17, 15) is 24.6 Å². The van der Waals surface area contributed by atoms with E-state index in [1.165, 1.54) is 5.57 Å². The van der Waals surface area contributed by atoms with Gasteiger partial charge in [0.1, 0.15) is 0 Å². The minimum Gasteiger partial charge on any atom is -0.478 e. The predicted molar refractivity (Wildman–Crippen MR) is 118 cm³/mol. The van der Waals surface area contributed by atoms with Gasteiger partial charge in [0.15, 0.2) is 11.9 Å². The number of hydrogen-bond acceptors (Lipinski definition) is 6. The number of carbonyl (C=O) groups excluding carboxylic acids is 2. The Morgan fingerprint density at radius 1 is 1.18 bits per heavy atom. The summed E-state index contributed by atoms with van der Waals surface area (Å²) in [5.41, 5.74) is -1.37. The Morgan fingerprint density at radius 3 is 2.61 bits per heavy atom. The number of esters is 1. The minimum absolute atomic E-state index is 0.0455. The molecule has 180 valence electrons. The molecule has 0 bridgehead atoms. The van der Waals surface area contributed by atoms with Gasteiger partial charge in [-0.1, -0.05) is 32.4 Å². The summed E-state index contributed by atoms with van der Waals surface area (Å²) in [6.45, 7) is 6.33. The van der Waals surface area contributed by atoms with E-state index in [4.69, 9.17) is 9.47 Å². The van der Waals surface area contributed by atoms with Crippen LogP contribution >= 0.6 is 0 Å². The molecule has 1 aliphatic heterocycles. The summed E-state index contributed by atoms with van der Waals surface area (Å²) in [7, 11) is 0. The van der Waals surface area contributed by atoms with Gasteiger partial charge in [0, 0.05) is 16.7 Å². The van der Waals surface area contributed by atoms with Crippen LogP contribution in [0.15, 0.2) is 23.8 Å². The Morgan fingerprint density at radius 2 is 1.94 bits per heavy atom. The van der Waals surface area contributed by atoms with Gasteiger partial charge in [-0.25, -0.2) is 9.59 Å². The maximum absolute atomic E-state index is 13.0. The topological polar surface area (TPSA) is 110 Å². The van der Waals surface area contributed by atoms with E-state index in [0.717, 1.165) is 19.3 Å². The molecule has 0 aromatic rings. The van der Waals surface area contributed by atoms with Crippen LogP contribution in [0.4, 0.5) is 0 Å². The van der Waals surface area contributed by atoms with Gasteiger partial charge in [-0.2, -0.15) is 0 Å². The third-order valence-electron chi connectivity index (χ3n) is 9.97. The average molecular weight is 459 g/mol. The van der Waals surface area contributed by atoms with E-state index in [1.807, 2.05) is 13.8 Å². The summed E-state index contributed by atoms with van der Waals surface area (Å²) in [5, 5.41) is 20.6. The van der Waals surface area contributed by atoms with Gasteiger partial charge < -0.3 is 19.7 Å². The van der Waals surface area contributed by atoms with Gasteiger partial charge in [-0.05, 0) is 68.4 Å². The molecular formula is C26H34O7. The maximum Gasteiger partial charge on any atom is 0.349 e. The Hall–Kier alpha value is -1.99. The standard InChI is InChI=1S/C26H34O7/c1-14-12-19-17-5-4-15-13-16(27)6-9-24(15,2)18(17)7-10-25(19,3)26(14,23(30)31)33-22(29)21-20(28)8-11-32-21/h6,9,13-14,17-21,28H,4-5,7-8,10-12H2,1-3H3,(H,30,31)/t14-,17-,18+,19+,20?,21-,24+,25+,26+/m1/s1. The molecule has 1 saturated heterocycles. The second kappa shape index (κ2) is 7.51. The molecule has 0 amide bonds. The molecule has 5 rings (SSSR count). The van der Waals surface area contributed by atoms with Gasteiger partial charge in [0.05, 0.1) is 12.7 Å². The number of hydrogen-bond donors (Lipinski definition) is 2. The molecule has 7 heteroatoms. The van der Waals surface area contributed by atoms with Crippen molar-refractivity contribution in [1.29, 1.82) is 0 Å². The van der Waals surface area contributed by atoms with Gasteiger partial charge >= 0.3 is 11.9 Å². The number of ketones is 1. The van der Waals surface area contributed by atoms with Crippen molar-refractivity contribution in [3.63, 3.8) is 0 Å². The van der Waals surface area contributed by atoms with Crippen LogP contribution in [0.3, 0.4) is 0 Å². The van der Waals surface area contributed by atoms with E-state index in [1.54, 1.807) is 12.2 Å². The van der Waals surface area contributed by atoms with E-state index >= 15 is 0 Å². The van der Waals surface area contributed by atoms with Gasteiger partial charge in [-0.15, -0.1) is 0 Å². The first kappa shape index (κ1) is 22.8. The number of carboxylic acids is 1. The van der Waals surface area contributed by atoms with Crippen LogP contribution in [-0.4, -0.2) is 52.4 Å². The summed E-state index contributed by atoms with van der Waals surface area (Å²) in [6.07, 6.45) is 7.61. The monoisotopic (exact) mass is 458 g/mol. The van der Waals surface area contributed by atoms with E-state index < -0.39 is 35.2 Å². The SMILES string of the molecule is C[C@@H]1C[C@H]2[C@@H]3CCC4=CC(=O)C=C[C@]4(C)[C@H]3CC[C@]2(C)[C@@]1(OC(=O)[C@@H]1OCCC1O)C(=O)O. The van der Waals surface area contributed by atoms with Crippen LogP contribution < -0.4 is 0 Å². The number of aliphatic hydroxyl groups is 1. The zero-order valence-corrected chi connectivity index (χ0v) is 19.6. The Bertz CT molecular complexity index is 952. The average Bonchev–Trinajstić information content (AvgIpc) is 3.28. The highest BCUT2D eigenvalue weighted by molar-refractivity contribution is 6.01. The molecule has 4 fully saturated rings. The first-order valence-corrected chi connectivity index (χ1v) is 12.2. The first-order chi connectivity index (χ1) is 15.5. The summed E-state index contributed by atoms with van der Waals surface area (Å²) in [5.74, 6) is -1.48. The minimum atomic E-state index is -1.65. The van der Waals surface area contributed by atoms with Crippen LogP contribution in [0.1, 0.15) is 59.3 Å². The number of fused-ring (bicyclic) bond motifs is 5. The normalized spacial score (nSPS) is 48.5. The Labute approximate surface area is 194 Å². The largest absolute Gasteiger partial charge is 0.478 e. The fourth-order valence-electron chi connectivity index (χ4n) is 8.26. The summed E-state index contributed by atoms with van der Waals surface area (Å²) >= 11 is 0. The highest BCUT2D eigenvalue weighted by Gasteiger charge is 2.72. The van der Waals surface area contributed by atoms with Crippen LogP contribution in [-0.2, 0) is 23.9 Å². The molecule has 0 radical (unpaired) electrons. The third-order valence-corrected chi connectivity index (χ3v) is 9.97. The van der Waals surface area contributed by atoms with Crippen LogP contribution in [0.5, 0.6) is 0 Å². The molecule has 1 unspecified atom stereocenters. The van der Waals surface area contributed by atoms with Crippen molar-refractivity contribution in [2.75, 3.05) is 6.61 Å². The molecule has 7 nitrogen and oxygen atoms in total. The summed E-state index contributed by atoms with van der Waals surface area (Å²) in [4.78, 5) is 37.9. The number of carbonyl (C=O) groups is 3. The molecule has 1 heterocycles. The number of rotatable bonds is 3. The fraction of sp³-hybridized carbons (Fsp3) is 0.731. The molecule has 0 spiro atoms. The first-order valence-electron chi connectivity index (χ1n) is 12.2. The molecule has 0 aromatic carbocycles. The smallest absolute Gasteiger partial charge is 0.349 e. The predicted octanol–water partition coefficient (Wildman–Crippen LogP) is 3.06. The van der Waals surface area contributed by atoms with Crippen LogP contribution in [0.2, 0.25) is 0 Å². The van der Waals surface area contributed by atoms with Crippen molar-refractivity contribution in [1.82, 2.24) is 0 Å². The number of carboxylic acid groups (broad SMARTS) is 1. The molecule has 2 N–H and O–H groups in total. The second-order valence-electron chi connectivity index (χ2n) is 11.3. The second-order valence-corrected chi connectivity index (χ2v) is 11.3. The lowest BCUT2D eigenvalue weighted by Gasteiger charge is -2.58. The highest BCUT2D eigenvalue weighted by atomic mass is 16.6.